The van der Waals surface area contributed by atoms with E-state index in [4.69, 9.17) is 0 Å². The molecule has 0 saturated heterocycles. The molecule has 0 atom stereocenters. The number of para-hydroxylation sites is 1. The molecule has 0 aliphatic heterocycles. The normalized spacial score (nSPS) is 14.0. The summed E-state index contributed by atoms with van der Waals surface area (Å²) in [4.78, 5) is 2.41. The lowest BCUT2D eigenvalue weighted by Crippen LogP contribution is -2.28. The first kappa shape index (κ1) is 39.1. The van der Waals surface area contributed by atoms with Crippen molar-refractivity contribution in [3.05, 3.63) is 281 Å². The van der Waals surface area contributed by atoms with Gasteiger partial charge in [-0.1, -0.05) is 202 Å². The van der Waals surface area contributed by atoms with Gasteiger partial charge in [0.05, 0.1) is 5.41 Å². The number of hydrogen-bond acceptors (Lipinski definition) is 1. The van der Waals surface area contributed by atoms with E-state index in [1.807, 2.05) is 0 Å². The highest BCUT2D eigenvalue weighted by Crippen LogP contribution is 2.57. The van der Waals surface area contributed by atoms with Crippen LogP contribution in [-0.4, -0.2) is 0 Å². The van der Waals surface area contributed by atoms with Crippen LogP contribution in [0.3, 0.4) is 0 Å². The van der Waals surface area contributed by atoms with Crippen molar-refractivity contribution in [3.8, 4) is 22.3 Å². The lowest BCUT2D eigenvalue weighted by molar-refractivity contribution is 0.663. The Kier molecular flexibility index (Phi) is 8.85. The minimum atomic E-state index is -0.481. The van der Waals surface area contributed by atoms with Crippen LogP contribution in [0.25, 0.3) is 66.7 Å². The van der Waals surface area contributed by atoms with Crippen molar-refractivity contribution < 1.29 is 0 Å². The summed E-state index contributed by atoms with van der Waals surface area (Å²) in [6, 6.07) is 87.7. The van der Waals surface area contributed by atoms with E-state index in [1.54, 1.807) is 0 Å². The molecule has 0 radical (unpaired) electrons. The van der Waals surface area contributed by atoms with Crippen molar-refractivity contribution in [1.82, 2.24) is 0 Å². The van der Waals surface area contributed by atoms with Crippen LogP contribution in [0.5, 0.6) is 0 Å². The summed E-state index contributed by atoms with van der Waals surface area (Å²) < 4.78 is 0. The Labute approximate surface area is 392 Å². The first-order valence-electron chi connectivity index (χ1n) is 23.5. The molecule has 1 nitrogen and oxygen atoms in total. The Hall–Kier alpha value is -8.26. The minimum absolute atomic E-state index is 0.110. The molecule has 0 fully saturated rings. The maximum Gasteiger partial charge on any atom is 0.0714 e. The number of rotatable bonds is 8. The van der Waals surface area contributed by atoms with E-state index < -0.39 is 5.41 Å². The molecule has 11 aromatic rings. The topological polar surface area (TPSA) is 3.24 Å². The van der Waals surface area contributed by atoms with Gasteiger partial charge in [-0.3, -0.25) is 0 Å². The fourth-order valence-corrected chi connectivity index (χ4v) is 11.7. The summed E-state index contributed by atoms with van der Waals surface area (Å²) in [5, 5.41) is 7.83. The summed E-state index contributed by atoms with van der Waals surface area (Å²) in [6.07, 6.45) is 4.56. The molecule has 0 N–H and O–H groups in total. The minimum Gasteiger partial charge on any atom is -0.310 e. The van der Waals surface area contributed by atoms with Crippen molar-refractivity contribution in [1.29, 1.82) is 0 Å². The summed E-state index contributed by atoms with van der Waals surface area (Å²) in [5.74, 6) is 0. The van der Waals surface area contributed by atoms with Crippen molar-refractivity contribution >= 4 is 61.5 Å². The Morgan fingerprint density at radius 2 is 0.851 bits per heavy atom. The van der Waals surface area contributed by atoms with Crippen LogP contribution < -0.4 is 4.90 Å². The summed E-state index contributed by atoms with van der Waals surface area (Å²) in [5.41, 5.74) is 18.2. The highest BCUT2D eigenvalue weighted by Gasteiger charge is 2.46. The predicted octanol–water partition coefficient (Wildman–Crippen LogP) is 17.5. The zero-order valence-electron chi connectivity index (χ0n) is 37.6. The third-order valence-corrected chi connectivity index (χ3v) is 14.8. The molecule has 11 aromatic carbocycles. The van der Waals surface area contributed by atoms with Gasteiger partial charge in [0.1, 0.15) is 0 Å². The molecule has 2 aliphatic carbocycles. The van der Waals surface area contributed by atoms with Gasteiger partial charge in [0.25, 0.3) is 0 Å². The monoisotopic (exact) mass is 853 g/mol. The van der Waals surface area contributed by atoms with Crippen LogP contribution in [0.1, 0.15) is 58.4 Å². The highest BCUT2D eigenvalue weighted by molar-refractivity contribution is 6.16. The molecule has 2 aliphatic rings. The van der Waals surface area contributed by atoms with E-state index in [2.05, 4.69) is 267 Å². The summed E-state index contributed by atoms with van der Waals surface area (Å²) >= 11 is 0. The van der Waals surface area contributed by atoms with Crippen molar-refractivity contribution in [2.45, 2.75) is 24.7 Å². The second-order valence-electron chi connectivity index (χ2n) is 18.9. The summed E-state index contributed by atoms with van der Waals surface area (Å²) in [6.45, 7) is 4.78. The summed E-state index contributed by atoms with van der Waals surface area (Å²) in [7, 11) is 0. The molecule has 0 spiro atoms. The van der Waals surface area contributed by atoms with Gasteiger partial charge in [-0.15, -0.1) is 0 Å². The van der Waals surface area contributed by atoms with E-state index in [-0.39, 0.29) is 5.41 Å². The average Bonchev–Trinajstić information content (AvgIpc) is 3.81. The average molecular weight is 854 g/mol. The Morgan fingerprint density at radius 1 is 0.328 bits per heavy atom. The van der Waals surface area contributed by atoms with Gasteiger partial charge >= 0.3 is 0 Å². The first-order chi connectivity index (χ1) is 32.9. The second kappa shape index (κ2) is 15.2. The Morgan fingerprint density at radius 3 is 1.58 bits per heavy atom. The van der Waals surface area contributed by atoms with Crippen LogP contribution in [-0.2, 0) is 10.8 Å². The van der Waals surface area contributed by atoms with Gasteiger partial charge in [-0.05, 0) is 160 Å². The van der Waals surface area contributed by atoms with Crippen molar-refractivity contribution in [3.63, 3.8) is 0 Å². The highest BCUT2D eigenvalue weighted by atomic mass is 15.1. The fraction of sp³-hybridized carbons (Fsp3) is 0.0606. The molecule has 0 bridgehead atoms. The van der Waals surface area contributed by atoms with E-state index >= 15 is 0 Å². The van der Waals surface area contributed by atoms with Gasteiger partial charge in [-0.25, -0.2) is 0 Å². The number of anilines is 3. The Balaban J connectivity index is 0.869. The smallest absolute Gasteiger partial charge is 0.0714 e. The van der Waals surface area contributed by atoms with E-state index in [9.17, 15) is 0 Å². The molecule has 67 heavy (non-hydrogen) atoms. The van der Waals surface area contributed by atoms with Crippen LogP contribution in [0.15, 0.2) is 237 Å². The largest absolute Gasteiger partial charge is 0.310 e. The van der Waals surface area contributed by atoms with Gasteiger partial charge in [0.15, 0.2) is 0 Å². The zero-order chi connectivity index (χ0) is 44.7. The van der Waals surface area contributed by atoms with Crippen molar-refractivity contribution in [2.24, 2.45) is 0 Å². The van der Waals surface area contributed by atoms with E-state index in [0.29, 0.717) is 0 Å². The van der Waals surface area contributed by atoms with Gasteiger partial charge in [0.2, 0.25) is 0 Å². The maximum atomic E-state index is 2.45. The van der Waals surface area contributed by atoms with Crippen molar-refractivity contribution in [2.75, 3.05) is 4.90 Å². The first-order valence-corrected chi connectivity index (χ1v) is 23.5. The van der Waals surface area contributed by atoms with Crippen LogP contribution in [0.4, 0.5) is 17.1 Å². The third-order valence-electron chi connectivity index (χ3n) is 14.8. The Bertz CT molecular complexity index is 3710. The fourth-order valence-electron chi connectivity index (χ4n) is 11.7. The molecule has 0 amide bonds. The molecule has 1 heteroatoms. The SMILES string of the molecule is CC1(C)c2cc(C=Cc3ccc4cc(N(c5ccccc5)c5ccc6c(c5)C(c5ccccc5)(c5ccccc5)c5ccccc5-6)ccc4c3)cc3ccc4cc(-c5ccccc5)cc1c4c23. The number of fused-ring (bicyclic) bond motifs is 4. The quantitative estimate of drug-likeness (QED) is 0.109. The van der Waals surface area contributed by atoms with E-state index in [1.165, 1.54) is 99.1 Å². The van der Waals surface area contributed by atoms with Crippen LogP contribution in [0, 0.1) is 0 Å². The van der Waals surface area contributed by atoms with Crippen LogP contribution in [0.2, 0.25) is 0 Å². The third kappa shape index (κ3) is 6.08. The molecule has 0 saturated carbocycles. The number of benzene rings is 11. The van der Waals surface area contributed by atoms with Gasteiger partial charge < -0.3 is 4.90 Å². The zero-order valence-corrected chi connectivity index (χ0v) is 37.6. The lowest BCUT2D eigenvalue weighted by Gasteiger charge is -2.35. The standard InChI is InChI=1S/C66H47N/c1-65(2)61-39-45(38-49-31-32-50-40-51(46-17-7-3-8-18-46)42-62(65)64(50)63(49)61)28-27-44-29-30-48-41-55(34-33-47(48)37-44)67(54-23-13-6-14-24-54)56-35-36-58-57-25-15-16-26-59(57)66(60(58)43-56,52-19-9-4-10-20-52)53-21-11-5-12-22-53/h3-43H,1-2H3. The van der Waals surface area contributed by atoms with Crippen LogP contribution >= 0.6 is 0 Å². The maximum absolute atomic E-state index is 2.45. The molecule has 0 unspecified atom stereocenters. The molecule has 0 aromatic heterocycles. The molecule has 316 valence electrons. The second-order valence-corrected chi connectivity index (χ2v) is 18.9. The number of nitrogens with zero attached hydrogens (tertiary/aromatic N) is 1. The van der Waals surface area contributed by atoms with E-state index in [0.717, 1.165) is 17.1 Å². The molecular weight excluding hydrogens is 807 g/mol. The molecule has 13 rings (SSSR count). The van der Waals surface area contributed by atoms with Gasteiger partial charge in [-0.2, -0.15) is 0 Å². The molecular formula is C66H47N. The lowest BCUT2D eigenvalue weighted by atomic mass is 9.67. The number of hydrogen-bond donors (Lipinski definition) is 0. The predicted molar refractivity (Wildman–Crippen MR) is 284 cm³/mol. The van der Waals surface area contributed by atoms with Gasteiger partial charge in [0, 0.05) is 22.5 Å². The molecule has 0 heterocycles.